The fourth-order valence-electron chi connectivity index (χ4n) is 0.577. The Kier molecular flexibility index (Phi) is 30.6. The summed E-state index contributed by atoms with van der Waals surface area (Å²) >= 11 is 4.08. The lowest BCUT2D eigenvalue weighted by Gasteiger charge is -1.84. The van der Waals surface area contributed by atoms with Crippen LogP contribution in [0.3, 0.4) is 0 Å². The summed E-state index contributed by atoms with van der Waals surface area (Å²) in [5.74, 6) is 0. The van der Waals surface area contributed by atoms with Crippen LogP contribution < -0.4 is 5.32 Å². The predicted octanol–water partition coefficient (Wildman–Crippen LogP) is 3.04. The van der Waals surface area contributed by atoms with E-state index in [2.05, 4.69) is 27.9 Å². The lowest BCUT2D eigenvalue weighted by molar-refractivity contribution is -0.106. The summed E-state index contributed by atoms with van der Waals surface area (Å²) in [4.78, 5) is 14.4. The molecule has 1 aromatic rings. The third-order valence-corrected chi connectivity index (χ3v) is 1.36. The molecule has 4 nitrogen and oxygen atoms in total. The second-order valence-electron chi connectivity index (χ2n) is 2.85. The molecule has 0 aromatic heterocycles. The standard InChI is InChI=1S/C6H6S.C4H9NO.C2H7N.C2H4O/c7-6-4-2-1-3-5-6;1-3-5-6-4-2;1-3-2;1-2-3/h1-5,7H;3H,4H2,1-2H3;3H,1-2H3;2H,1H3/b;5-3+;;. The molecule has 0 aliphatic carbocycles. The number of nitrogens with zero attached hydrogens (tertiary/aromatic N) is 1. The molecule has 1 rings (SSSR count). The van der Waals surface area contributed by atoms with Gasteiger partial charge in [0.1, 0.15) is 12.9 Å². The van der Waals surface area contributed by atoms with Crippen LogP contribution >= 0.6 is 12.6 Å². The molecule has 0 spiro atoms. The smallest absolute Gasteiger partial charge is 0.116 e. The van der Waals surface area contributed by atoms with Crippen molar-refractivity contribution in [2.24, 2.45) is 5.16 Å². The Balaban J connectivity index is -0.000000195. The maximum Gasteiger partial charge on any atom is 0.116 e. The average molecular weight is 286 g/mol. The van der Waals surface area contributed by atoms with Crippen LogP contribution in [0.1, 0.15) is 20.8 Å². The van der Waals surface area contributed by atoms with E-state index >= 15 is 0 Å². The molecule has 0 bridgehead atoms. The van der Waals surface area contributed by atoms with Gasteiger partial charge in [-0.3, -0.25) is 0 Å². The molecule has 0 atom stereocenters. The molecule has 0 radical (unpaired) electrons. The van der Waals surface area contributed by atoms with E-state index in [-0.39, 0.29) is 0 Å². The van der Waals surface area contributed by atoms with Gasteiger partial charge in [0.2, 0.25) is 0 Å². The second-order valence-corrected chi connectivity index (χ2v) is 3.37. The summed E-state index contributed by atoms with van der Waals surface area (Å²) in [5, 5.41) is 6.22. The zero-order chi connectivity index (χ0) is 15.4. The Hall–Kier alpha value is -1.33. The van der Waals surface area contributed by atoms with E-state index in [9.17, 15) is 0 Å². The summed E-state index contributed by atoms with van der Waals surface area (Å²) in [5.41, 5.74) is 0. The molecule has 19 heavy (non-hydrogen) atoms. The minimum Gasteiger partial charge on any atom is -0.396 e. The maximum absolute atomic E-state index is 8.81. The molecule has 0 saturated carbocycles. The van der Waals surface area contributed by atoms with Gasteiger partial charge in [0.25, 0.3) is 0 Å². The van der Waals surface area contributed by atoms with Crippen LogP contribution in [-0.2, 0) is 9.63 Å². The van der Waals surface area contributed by atoms with Crippen molar-refractivity contribution in [2.45, 2.75) is 25.7 Å². The number of benzene rings is 1. The highest BCUT2D eigenvalue weighted by Crippen LogP contribution is 2.00. The molecule has 0 unspecified atom stereocenters. The third-order valence-electron chi connectivity index (χ3n) is 1.07. The van der Waals surface area contributed by atoms with E-state index in [1.54, 1.807) is 6.21 Å². The van der Waals surface area contributed by atoms with Gasteiger partial charge < -0.3 is 14.9 Å². The molecule has 0 aliphatic rings. The number of hydrogen-bond acceptors (Lipinski definition) is 5. The molecular weight excluding hydrogens is 260 g/mol. The van der Waals surface area contributed by atoms with Crippen molar-refractivity contribution in [3.63, 3.8) is 0 Å². The van der Waals surface area contributed by atoms with Crippen LogP contribution in [0.2, 0.25) is 0 Å². The van der Waals surface area contributed by atoms with E-state index < -0.39 is 0 Å². The Morgan fingerprint density at radius 3 is 1.84 bits per heavy atom. The van der Waals surface area contributed by atoms with E-state index in [1.807, 2.05) is 58.3 Å². The van der Waals surface area contributed by atoms with Crippen LogP contribution in [0.25, 0.3) is 0 Å². The minimum atomic E-state index is 0.657. The van der Waals surface area contributed by atoms with Gasteiger partial charge in [-0.1, -0.05) is 23.4 Å². The molecule has 1 N–H and O–H groups in total. The molecule has 0 aliphatic heterocycles. The Morgan fingerprint density at radius 1 is 1.26 bits per heavy atom. The summed E-state index contributed by atoms with van der Waals surface area (Å²) in [7, 11) is 3.75. The summed E-state index contributed by atoms with van der Waals surface area (Å²) in [6.45, 7) is 5.81. The average Bonchev–Trinajstić information content (AvgIpc) is 2.40. The van der Waals surface area contributed by atoms with E-state index in [4.69, 9.17) is 4.79 Å². The third kappa shape index (κ3) is 38.4. The Morgan fingerprint density at radius 2 is 1.68 bits per heavy atom. The maximum atomic E-state index is 8.81. The second kappa shape index (κ2) is 25.5. The quantitative estimate of drug-likeness (QED) is 0.380. The molecule has 0 fully saturated rings. The van der Waals surface area contributed by atoms with Crippen molar-refractivity contribution >= 4 is 25.1 Å². The molecule has 0 saturated heterocycles. The van der Waals surface area contributed by atoms with Crippen molar-refractivity contribution in [1.29, 1.82) is 0 Å². The predicted molar refractivity (Wildman–Crippen MR) is 86.2 cm³/mol. The monoisotopic (exact) mass is 286 g/mol. The Bertz CT molecular complexity index is 280. The van der Waals surface area contributed by atoms with Gasteiger partial charge in [0.05, 0.1) is 0 Å². The first kappa shape index (κ1) is 22.8. The van der Waals surface area contributed by atoms with Gasteiger partial charge in [-0.25, -0.2) is 0 Å². The van der Waals surface area contributed by atoms with Crippen molar-refractivity contribution in [1.82, 2.24) is 5.32 Å². The van der Waals surface area contributed by atoms with Crippen LogP contribution in [0.15, 0.2) is 40.4 Å². The number of hydrogen-bond donors (Lipinski definition) is 2. The lowest BCUT2D eigenvalue weighted by atomic mass is 10.4. The van der Waals surface area contributed by atoms with Crippen molar-refractivity contribution in [3.8, 4) is 0 Å². The summed E-state index contributed by atoms with van der Waals surface area (Å²) < 4.78 is 0. The molecule has 110 valence electrons. The molecule has 1 aromatic carbocycles. The number of aldehydes is 1. The molecule has 0 heterocycles. The van der Waals surface area contributed by atoms with Crippen LogP contribution in [0, 0.1) is 0 Å². The molecular formula is C14H26N2O2S. The van der Waals surface area contributed by atoms with Crippen molar-refractivity contribution in [2.75, 3.05) is 20.7 Å². The van der Waals surface area contributed by atoms with E-state index in [0.717, 1.165) is 11.2 Å². The highest BCUT2D eigenvalue weighted by Gasteiger charge is 1.73. The fourth-order valence-corrected chi connectivity index (χ4v) is 0.749. The normalized spacial score (nSPS) is 7.89. The van der Waals surface area contributed by atoms with Gasteiger partial charge in [-0.2, -0.15) is 0 Å². The minimum absolute atomic E-state index is 0.657. The van der Waals surface area contributed by atoms with Gasteiger partial charge in [0.15, 0.2) is 0 Å². The van der Waals surface area contributed by atoms with Crippen LogP contribution in [0.5, 0.6) is 0 Å². The topological polar surface area (TPSA) is 50.7 Å². The SMILES string of the molecule is C/C=N/OCC.CC=O.CNC.Sc1ccccc1. The van der Waals surface area contributed by atoms with E-state index in [1.165, 1.54) is 6.92 Å². The number of thiol groups is 1. The van der Waals surface area contributed by atoms with Crippen molar-refractivity contribution < 1.29 is 9.63 Å². The van der Waals surface area contributed by atoms with Gasteiger partial charge in [-0.15, -0.1) is 12.6 Å². The lowest BCUT2D eigenvalue weighted by Crippen LogP contribution is -1.89. The largest absolute Gasteiger partial charge is 0.396 e. The van der Waals surface area contributed by atoms with Crippen LogP contribution in [0.4, 0.5) is 0 Å². The molecule has 5 heteroatoms. The number of nitrogens with one attached hydrogen (secondary N) is 1. The number of rotatable bonds is 2. The fraction of sp³-hybridized carbons (Fsp3) is 0.429. The first-order valence-corrected chi connectivity index (χ1v) is 6.41. The van der Waals surface area contributed by atoms with Crippen molar-refractivity contribution in [3.05, 3.63) is 30.3 Å². The number of carbonyl (C=O) groups excluding carboxylic acids is 1. The first-order chi connectivity index (χ1) is 9.14. The van der Waals surface area contributed by atoms with Gasteiger partial charge >= 0.3 is 0 Å². The van der Waals surface area contributed by atoms with Gasteiger partial charge in [0, 0.05) is 11.1 Å². The van der Waals surface area contributed by atoms with E-state index in [0.29, 0.717) is 6.61 Å². The summed E-state index contributed by atoms with van der Waals surface area (Å²) in [6.07, 6.45) is 2.36. The first-order valence-electron chi connectivity index (χ1n) is 5.96. The Labute approximate surface area is 122 Å². The van der Waals surface area contributed by atoms with Crippen LogP contribution in [-0.4, -0.2) is 33.2 Å². The number of carbonyl (C=O) groups is 1. The molecule has 0 amide bonds. The zero-order valence-electron chi connectivity index (χ0n) is 12.5. The highest BCUT2D eigenvalue weighted by atomic mass is 32.1. The summed E-state index contributed by atoms with van der Waals surface area (Å²) in [6, 6.07) is 9.79. The highest BCUT2D eigenvalue weighted by molar-refractivity contribution is 7.80. The zero-order valence-corrected chi connectivity index (χ0v) is 13.4. The number of oxime groups is 1. The van der Waals surface area contributed by atoms with Gasteiger partial charge in [-0.05, 0) is 47.0 Å².